The molecular weight excluding hydrogens is 294 g/mol. The van der Waals surface area contributed by atoms with Crippen LogP contribution in [0.5, 0.6) is 0 Å². The van der Waals surface area contributed by atoms with Crippen molar-refractivity contribution in [1.29, 1.82) is 0 Å². The summed E-state index contributed by atoms with van der Waals surface area (Å²) in [6, 6.07) is 7.10. The third-order valence-electron chi connectivity index (χ3n) is 2.72. The van der Waals surface area contributed by atoms with Crippen molar-refractivity contribution in [2.24, 2.45) is 0 Å². The zero-order valence-electron chi connectivity index (χ0n) is 10.1. The summed E-state index contributed by atoms with van der Waals surface area (Å²) >= 11 is 6.08. The summed E-state index contributed by atoms with van der Waals surface area (Å²) < 4.78 is 43.1. The van der Waals surface area contributed by atoms with Gasteiger partial charge in [-0.1, -0.05) is 29.8 Å². The van der Waals surface area contributed by atoms with Crippen LogP contribution in [0.4, 0.5) is 0 Å². The van der Waals surface area contributed by atoms with Crippen LogP contribution in [0.1, 0.15) is 18.6 Å². The van der Waals surface area contributed by atoms with Gasteiger partial charge >= 0.3 is 10.3 Å². The van der Waals surface area contributed by atoms with Gasteiger partial charge in [0, 0.05) is 17.1 Å². The molecule has 0 aliphatic carbocycles. The molecular formula is C11H14ClNO5S. The number of benzene rings is 1. The molecule has 2 N–H and O–H groups in total. The van der Waals surface area contributed by atoms with Crippen molar-refractivity contribution in [3.05, 3.63) is 34.9 Å². The molecule has 0 spiro atoms. The zero-order chi connectivity index (χ0) is 14.0. The lowest BCUT2D eigenvalue weighted by molar-refractivity contribution is -0.0505. The smallest absolute Gasteiger partial charge is 0.333 e. The lowest BCUT2D eigenvalue weighted by Gasteiger charge is -2.17. The number of rotatable bonds is 4. The van der Waals surface area contributed by atoms with E-state index >= 15 is 0 Å². The Morgan fingerprint density at radius 2 is 2.05 bits per heavy atom. The standard InChI is InChI=1S/C11H14ClNO5S/c1-7-17-10(6-13-19(14,15)16)11(18-7)8-4-2-3-5-9(8)12/h2-5,7,10-11,13H,6H2,1H3,(H,14,15,16)/t7?,10-,11-/m1/s1. The average molecular weight is 308 g/mol. The quantitative estimate of drug-likeness (QED) is 0.824. The van der Waals surface area contributed by atoms with Crippen LogP contribution >= 0.6 is 11.6 Å². The van der Waals surface area contributed by atoms with E-state index in [-0.39, 0.29) is 6.54 Å². The second kappa shape index (κ2) is 5.74. The highest BCUT2D eigenvalue weighted by Gasteiger charge is 2.36. The Labute approximate surface area is 116 Å². The van der Waals surface area contributed by atoms with Crippen LogP contribution in [0.3, 0.4) is 0 Å². The van der Waals surface area contributed by atoms with Crippen molar-refractivity contribution in [2.75, 3.05) is 6.54 Å². The summed E-state index contributed by atoms with van der Waals surface area (Å²) in [7, 11) is -4.26. The van der Waals surface area contributed by atoms with Crippen LogP contribution in [-0.4, -0.2) is 31.9 Å². The zero-order valence-corrected chi connectivity index (χ0v) is 11.7. The Balaban J connectivity index is 2.16. The molecule has 1 unspecified atom stereocenters. The fourth-order valence-corrected chi connectivity index (χ4v) is 2.58. The molecule has 19 heavy (non-hydrogen) atoms. The molecule has 8 heteroatoms. The van der Waals surface area contributed by atoms with E-state index in [1.165, 1.54) is 0 Å². The maximum absolute atomic E-state index is 10.7. The van der Waals surface area contributed by atoms with E-state index in [9.17, 15) is 8.42 Å². The number of hydrogen-bond donors (Lipinski definition) is 2. The van der Waals surface area contributed by atoms with Gasteiger partial charge in [0.2, 0.25) is 0 Å². The van der Waals surface area contributed by atoms with Crippen molar-refractivity contribution in [2.45, 2.75) is 25.4 Å². The van der Waals surface area contributed by atoms with E-state index in [4.69, 9.17) is 25.6 Å². The van der Waals surface area contributed by atoms with E-state index in [2.05, 4.69) is 0 Å². The second-order valence-electron chi connectivity index (χ2n) is 4.14. The minimum atomic E-state index is -4.26. The van der Waals surface area contributed by atoms with Gasteiger partial charge < -0.3 is 9.47 Å². The molecule has 0 radical (unpaired) electrons. The summed E-state index contributed by atoms with van der Waals surface area (Å²) in [4.78, 5) is 0. The van der Waals surface area contributed by atoms with Gasteiger partial charge in [0.25, 0.3) is 0 Å². The maximum Gasteiger partial charge on any atom is 0.333 e. The fourth-order valence-electron chi connectivity index (χ4n) is 1.97. The van der Waals surface area contributed by atoms with Crippen molar-refractivity contribution >= 4 is 21.9 Å². The topological polar surface area (TPSA) is 84.9 Å². The number of hydrogen-bond acceptors (Lipinski definition) is 4. The number of nitrogens with one attached hydrogen (secondary N) is 1. The molecule has 106 valence electrons. The second-order valence-corrected chi connectivity index (χ2v) is 5.79. The van der Waals surface area contributed by atoms with Crippen LogP contribution in [0.15, 0.2) is 24.3 Å². The normalized spacial score (nSPS) is 27.6. The van der Waals surface area contributed by atoms with Gasteiger partial charge in [-0.15, -0.1) is 0 Å². The molecule has 1 aliphatic rings. The number of halogens is 1. The average Bonchev–Trinajstić information content (AvgIpc) is 2.67. The van der Waals surface area contributed by atoms with E-state index < -0.39 is 28.8 Å². The molecule has 0 saturated carbocycles. The van der Waals surface area contributed by atoms with Crippen LogP contribution in [0.2, 0.25) is 5.02 Å². The summed E-state index contributed by atoms with van der Waals surface area (Å²) in [6.45, 7) is 1.61. The van der Waals surface area contributed by atoms with Gasteiger partial charge in [0.05, 0.1) is 0 Å². The molecule has 2 rings (SSSR count). The Hall–Kier alpha value is -0.700. The lowest BCUT2D eigenvalue weighted by Crippen LogP contribution is -2.34. The highest BCUT2D eigenvalue weighted by atomic mass is 35.5. The molecule has 3 atom stereocenters. The van der Waals surface area contributed by atoms with Crippen molar-refractivity contribution in [1.82, 2.24) is 4.72 Å². The monoisotopic (exact) mass is 307 g/mol. The highest BCUT2D eigenvalue weighted by molar-refractivity contribution is 7.83. The van der Waals surface area contributed by atoms with Gasteiger partial charge in [-0.05, 0) is 13.0 Å². The minimum Gasteiger partial charge on any atom is -0.345 e. The molecule has 1 aliphatic heterocycles. The largest absolute Gasteiger partial charge is 0.345 e. The van der Waals surface area contributed by atoms with E-state index in [1.807, 2.05) is 4.72 Å². The molecule has 1 fully saturated rings. The first-order valence-electron chi connectivity index (χ1n) is 5.64. The highest BCUT2D eigenvalue weighted by Crippen LogP contribution is 2.35. The molecule has 1 heterocycles. The molecule has 0 amide bonds. The molecule has 1 saturated heterocycles. The first kappa shape index (κ1) is 14.7. The van der Waals surface area contributed by atoms with Crippen LogP contribution in [0, 0.1) is 0 Å². The van der Waals surface area contributed by atoms with Gasteiger partial charge in [-0.25, -0.2) is 0 Å². The fraction of sp³-hybridized carbons (Fsp3) is 0.455. The van der Waals surface area contributed by atoms with Gasteiger partial charge in [0.15, 0.2) is 6.29 Å². The summed E-state index contributed by atoms with van der Waals surface area (Å²) in [5.74, 6) is 0. The Kier molecular flexibility index (Phi) is 4.44. The molecule has 1 aromatic rings. The molecule has 0 bridgehead atoms. The Bertz CT molecular complexity index is 550. The third kappa shape index (κ3) is 3.88. The van der Waals surface area contributed by atoms with Gasteiger partial charge in [-0.2, -0.15) is 13.1 Å². The molecule has 1 aromatic carbocycles. The van der Waals surface area contributed by atoms with E-state index in [0.29, 0.717) is 5.02 Å². The van der Waals surface area contributed by atoms with Gasteiger partial charge in [0.1, 0.15) is 12.2 Å². The molecule has 0 aromatic heterocycles. The minimum absolute atomic E-state index is 0.0982. The van der Waals surface area contributed by atoms with Gasteiger partial charge in [-0.3, -0.25) is 4.55 Å². The summed E-state index contributed by atoms with van der Waals surface area (Å²) in [6.07, 6.45) is -1.52. The SMILES string of the molecule is CC1O[C@H](c2ccccc2Cl)[C@@H](CNS(=O)(=O)O)O1. The van der Waals surface area contributed by atoms with Crippen LogP contribution in [0.25, 0.3) is 0 Å². The first-order valence-corrected chi connectivity index (χ1v) is 7.46. The third-order valence-corrected chi connectivity index (χ3v) is 3.60. The Morgan fingerprint density at radius 1 is 1.37 bits per heavy atom. The van der Waals surface area contributed by atoms with Crippen LogP contribution in [-0.2, 0) is 19.8 Å². The Morgan fingerprint density at radius 3 is 2.68 bits per heavy atom. The van der Waals surface area contributed by atoms with Crippen molar-refractivity contribution in [3.8, 4) is 0 Å². The van der Waals surface area contributed by atoms with E-state index in [0.717, 1.165) is 5.56 Å². The first-order chi connectivity index (χ1) is 8.87. The maximum atomic E-state index is 10.7. The number of ether oxygens (including phenoxy) is 2. The van der Waals surface area contributed by atoms with E-state index in [1.54, 1.807) is 31.2 Å². The summed E-state index contributed by atoms with van der Waals surface area (Å²) in [5, 5.41) is 0.516. The van der Waals surface area contributed by atoms with Crippen molar-refractivity contribution < 1.29 is 22.4 Å². The predicted molar refractivity (Wildman–Crippen MR) is 69.2 cm³/mol. The van der Waals surface area contributed by atoms with Crippen LogP contribution < -0.4 is 4.72 Å². The van der Waals surface area contributed by atoms with Crippen molar-refractivity contribution in [3.63, 3.8) is 0 Å². The predicted octanol–water partition coefficient (Wildman–Crippen LogP) is 1.53. The summed E-state index contributed by atoms with van der Waals surface area (Å²) in [5.41, 5.74) is 0.718. The molecule has 6 nitrogen and oxygen atoms in total. The lowest BCUT2D eigenvalue weighted by atomic mass is 10.0.